The first-order valence-electron chi connectivity index (χ1n) is 6.63. The zero-order chi connectivity index (χ0) is 15.8. The van der Waals surface area contributed by atoms with Gasteiger partial charge in [0.25, 0.3) is 5.91 Å². The molecule has 0 fully saturated rings. The summed E-state index contributed by atoms with van der Waals surface area (Å²) in [4.78, 5) is 11.9. The maximum absolute atomic E-state index is 11.9. The van der Waals surface area contributed by atoms with E-state index < -0.39 is 0 Å². The highest BCUT2D eigenvalue weighted by molar-refractivity contribution is 5.94. The van der Waals surface area contributed by atoms with Gasteiger partial charge in [-0.25, -0.2) is 0 Å². The predicted molar refractivity (Wildman–Crippen MR) is 80.6 cm³/mol. The van der Waals surface area contributed by atoms with Crippen LogP contribution in [0.4, 0.5) is 5.82 Å². The molecule has 2 rings (SSSR count). The van der Waals surface area contributed by atoms with Crippen molar-refractivity contribution >= 4 is 11.7 Å². The van der Waals surface area contributed by atoms with Crippen LogP contribution in [-0.2, 0) is 0 Å². The molecule has 22 heavy (non-hydrogen) atoms. The van der Waals surface area contributed by atoms with Crippen LogP contribution in [0.15, 0.2) is 36.4 Å². The minimum Gasteiger partial charge on any atom is -0.497 e. The number of amides is 1. The molecule has 7 heteroatoms. The summed E-state index contributed by atoms with van der Waals surface area (Å²) in [6.07, 6.45) is 0. The minimum absolute atomic E-state index is 0.174. The van der Waals surface area contributed by atoms with Crippen molar-refractivity contribution in [3.8, 4) is 11.8 Å². The van der Waals surface area contributed by atoms with E-state index in [1.165, 1.54) is 0 Å². The van der Waals surface area contributed by atoms with Crippen molar-refractivity contribution in [2.24, 2.45) is 0 Å². The van der Waals surface area contributed by atoms with Gasteiger partial charge in [-0.1, -0.05) is 6.07 Å². The Kier molecular flexibility index (Phi) is 5.26. The van der Waals surface area contributed by atoms with E-state index in [1.807, 2.05) is 6.07 Å². The van der Waals surface area contributed by atoms with Crippen LogP contribution in [0.2, 0.25) is 0 Å². The lowest BCUT2D eigenvalue weighted by molar-refractivity contribution is 0.0955. The molecule has 0 aliphatic rings. The lowest BCUT2D eigenvalue weighted by Gasteiger charge is -2.08. The Morgan fingerprint density at radius 2 is 2.14 bits per heavy atom. The minimum atomic E-state index is -0.174. The molecule has 112 valence electrons. The van der Waals surface area contributed by atoms with Crippen molar-refractivity contribution in [1.29, 1.82) is 5.26 Å². The molecule has 0 saturated carbocycles. The lowest BCUT2D eigenvalue weighted by atomic mass is 10.2. The van der Waals surface area contributed by atoms with E-state index in [1.54, 1.807) is 43.5 Å². The predicted octanol–water partition coefficient (Wildman–Crippen LogP) is 1.20. The first-order chi connectivity index (χ1) is 10.7. The fourth-order valence-corrected chi connectivity index (χ4v) is 1.72. The Morgan fingerprint density at radius 1 is 1.27 bits per heavy atom. The number of methoxy groups -OCH3 is 1. The number of ether oxygens (including phenoxy) is 1. The average molecular weight is 297 g/mol. The molecule has 2 N–H and O–H groups in total. The number of nitriles is 1. The van der Waals surface area contributed by atoms with Gasteiger partial charge in [-0.2, -0.15) is 5.26 Å². The van der Waals surface area contributed by atoms with Crippen molar-refractivity contribution in [3.63, 3.8) is 0 Å². The largest absolute Gasteiger partial charge is 0.497 e. The van der Waals surface area contributed by atoms with E-state index >= 15 is 0 Å². The summed E-state index contributed by atoms with van der Waals surface area (Å²) in [5.41, 5.74) is 0.800. The van der Waals surface area contributed by atoms with Gasteiger partial charge < -0.3 is 15.4 Å². The summed E-state index contributed by atoms with van der Waals surface area (Å²) in [6, 6.07) is 12.1. The van der Waals surface area contributed by atoms with Crippen molar-refractivity contribution < 1.29 is 9.53 Å². The zero-order valence-corrected chi connectivity index (χ0v) is 12.0. The van der Waals surface area contributed by atoms with Crippen molar-refractivity contribution in [1.82, 2.24) is 15.5 Å². The average Bonchev–Trinajstić information content (AvgIpc) is 2.59. The van der Waals surface area contributed by atoms with E-state index in [-0.39, 0.29) is 11.6 Å². The molecular weight excluding hydrogens is 282 g/mol. The molecule has 0 spiro atoms. The second-order valence-electron chi connectivity index (χ2n) is 4.33. The van der Waals surface area contributed by atoms with Crippen LogP contribution < -0.4 is 15.4 Å². The molecule has 0 unspecified atom stereocenters. The van der Waals surface area contributed by atoms with Gasteiger partial charge in [0.2, 0.25) is 0 Å². The van der Waals surface area contributed by atoms with Crippen LogP contribution >= 0.6 is 0 Å². The number of nitrogens with zero attached hydrogens (tertiary/aromatic N) is 3. The molecular formula is C15H15N5O2. The maximum Gasteiger partial charge on any atom is 0.251 e. The third kappa shape index (κ3) is 4.18. The molecule has 0 bridgehead atoms. The topological polar surface area (TPSA) is 99.9 Å². The van der Waals surface area contributed by atoms with Crippen molar-refractivity contribution in [2.45, 2.75) is 0 Å². The van der Waals surface area contributed by atoms with Gasteiger partial charge >= 0.3 is 0 Å². The summed E-state index contributed by atoms with van der Waals surface area (Å²) in [5, 5.41) is 21.9. The van der Waals surface area contributed by atoms with Gasteiger partial charge in [0.15, 0.2) is 5.69 Å². The molecule has 1 heterocycles. The van der Waals surface area contributed by atoms with Gasteiger partial charge in [0.05, 0.1) is 7.11 Å². The van der Waals surface area contributed by atoms with Crippen LogP contribution in [-0.4, -0.2) is 36.3 Å². The van der Waals surface area contributed by atoms with Gasteiger partial charge in [0.1, 0.15) is 17.6 Å². The van der Waals surface area contributed by atoms with Crippen molar-refractivity contribution in [2.75, 3.05) is 25.5 Å². The number of rotatable bonds is 6. The quantitative estimate of drug-likeness (QED) is 0.777. The first kappa shape index (κ1) is 15.3. The lowest BCUT2D eigenvalue weighted by Crippen LogP contribution is -2.28. The monoisotopic (exact) mass is 297 g/mol. The number of carbonyl (C=O) groups excluding carboxylic acids is 1. The number of carbonyl (C=O) groups is 1. The molecule has 0 aliphatic carbocycles. The molecule has 1 amide bonds. The molecule has 0 saturated heterocycles. The normalized spacial score (nSPS) is 9.64. The molecule has 1 aromatic heterocycles. The summed E-state index contributed by atoms with van der Waals surface area (Å²) in [5.74, 6) is 1.01. The van der Waals surface area contributed by atoms with Gasteiger partial charge in [-0.15, -0.1) is 10.2 Å². The molecule has 7 nitrogen and oxygen atoms in total. The van der Waals surface area contributed by atoms with Crippen LogP contribution in [0.3, 0.4) is 0 Å². The van der Waals surface area contributed by atoms with E-state index in [0.29, 0.717) is 30.2 Å². The fourth-order valence-electron chi connectivity index (χ4n) is 1.72. The Bertz CT molecular complexity index is 679. The fraction of sp³-hybridized carbons (Fsp3) is 0.200. The SMILES string of the molecule is COc1cccc(C(=O)NCCNc2ccc(C#N)nn2)c1. The number of nitrogens with one attached hydrogen (secondary N) is 2. The molecule has 0 radical (unpaired) electrons. The van der Waals surface area contributed by atoms with Crippen LogP contribution in [0.25, 0.3) is 0 Å². The summed E-state index contributed by atoms with van der Waals surface area (Å²) >= 11 is 0. The number of aromatic nitrogens is 2. The second-order valence-corrected chi connectivity index (χ2v) is 4.33. The highest BCUT2D eigenvalue weighted by Gasteiger charge is 2.05. The summed E-state index contributed by atoms with van der Waals surface area (Å²) in [7, 11) is 1.56. The standard InChI is InChI=1S/C15H15N5O2/c1-22-13-4-2-3-11(9-13)15(21)18-8-7-17-14-6-5-12(10-16)19-20-14/h2-6,9H,7-8H2,1H3,(H,17,20)(H,18,21). The Balaban J connectivity index is 1.78. The van der Waals surface area contributed by atoms with Crippen LogP contribution in [0.1, 0.15) is 16.1 Å². The molecule has 0 atom stereocenters. The second kappa shape index (κ2) is 7.59. The molecule has 1 aromatic carbocycles. The molecule has 0 aliphatic heterocycles. The Labute approximate surface area is 127 Å². The maximum atomic E-state index is 11.9. The zero-order valence-electron chi connectivity index (χ0n) is 12.0. The summed E-state index contributed by atoms with van der Waals surface area (Å²) < 4.78 is 5.08. The van der Waals surface area contributed by atoms with Gasteiger partial charge in [-0.3, -0.25) is 4.79 Å². The third-order valence-electron chi connectivity index (χ3n) is 2.83. The third-order valence-corrected chi connectivity index (χ3v) is 2.83. The highest BCUT2D eigenvalue weighted by atomic mass is 16.5. The van der Waals surface area contributed by atoms with E-state index in [4.69, 9.17) is 10.00 Å². The smallest absolute Gasteiger partial charge is 0.251 e. The highest BCUT2D eigenvalue weighted by Crippen LogP contribution is 2.12. The number of hydrogen-bond acceptors (Lipinski definition) is 6. The van der Waals surface area contributed by atoms with E-state index in [2.05, 4.69) is 20.8 Å². The number of hydrogen-bond donors (Lipinski definition) is 2. The summed E-state index contributed by atoms with van der Waals surface area (Å²) in [6.45, 7) is 0.925. The van der Waals surface area contributed by atoms with Crippen LogP contribution in [0, 0.1) is 11.3 Å². The van der Waals surface area contributed by atoms with E-state index in [9.17, 15) is 4.79 Å². The van der Waals surface area contributed by atoms with Crippen LogP contribution in [0.5, 0.6) is 5.75 Å². The number of benzene rings is 1. The van der Waals surface area contributed by atoms with E-state index in [0.717, 1.165) is 0 Å². The molecule has 2 aromatic rings. The van der Waals surface area contributed by atoms with Gasteiger partial charge in [-0.05, 0) is 30.3 Å². The first-order valence-corrected chi connectivity index (χ1v) is 6.63. The number of anilines is 1. The Morgan fingerprint density at radius 3 is 2.82 bits per heavy atom. The van der Waals surface area contributed by atoms with Crippen molar-refractivity contribution in [3.05, 3.63) is 47.7 Å². The van der Waals surface area contributed by atoms with Gasteiger partial charge in [0, 0.05) is 18.7 Å². The Hall–Kier alpha value is -3.14.